The minimum Gasteiger partial charge on any atom is -0.444 e. The fourth-order valence-corrected chi connectivity index (χ4v) is 3.07. The van der Waals surface area contributed by atoms with Gasteiger partial charge in [-0.2, -0.15) is 0 Å². The van der Waals surface area contributed by atoms with Crippen molar-refractivity contribution in [3.63, 3.8) is 0 Å². The van der Waals surface area contributed by atoms with Crippen LogP contribution in [0.4, 0.5) is 10.5 Å². The zero-order chi connectivity index (χ0) is 19.2. The molecule has 0 radical (unpaired) electrons. The quantitative estimate of drug-likeness (QED) is 0.553. The van der Waals surface area contributed by atoms with Crippen LogP contribution in [0.5, 0.6) is 0 Å². The Labute approximate surface area is 154 Å². The van der Waals surface area contributed by atoms with Gasteiger partial charge in [0.05, 0.1) is 0 Å². The summed E-state index contributed by atoms with van der Waals surface area (Å²) in [4.78, 5) is 25.5. The van der Waals surface area contributed by atoms with Crippen LogP contribution in [0, 0.1) is 0 Å². The highest BCUT2D eigenvalue weighted by atomic mass is 16.6. The van der Waals surface area contributed by atoms with E-state index in [0.29, 0.717) is 6.42 Å². The molecule has 0 saturated carbocycles. The van der Waals surface area contributed by atoms with Crippen LogP contribution in [0.15, 0.2) is 24.3 Å². The molecular weight excluding hydrogens is 334 g/mol. The van der Waals surface area contributed by atoms with Crippen LogP contribution < -0.4 is 15.7 Å². The number of nitrogens with zero attached hydrogens (tertiary/aromatic N) is 1. The fraction of sp³-hybridized carbons (Fsp3) is 0.579. The molecule has 0 aromatic heterocycles. The van der Waals surface area contributed by atoms with Crippen LogP contribution in [0.25, 0.3) is 0 Å². The average Bonchev–Trinajstić information content (AvgIpc) is 2.59. The van der Waals surface area contributed by atoms with E-state index >= 15 is 0 Å². The summed E-state index contributed by atoms with van der Waals surface area (Å²) in [6.45, 7) is 7.20. The third-order valence-corrected chi connectivity index (χ3v) is 4.29. The molecule has 7 nitrogen and oxygen atoms in total. The monoisotopic (exact) mass is 363 g/mol. The summed E-state index contributed by atoms with van der Waals surface area (Å²) in [5, 5.41) is 11.6. The summed E-state index contributed by atoms with van der Waals surface area (Å²) in [5.74, 6) is -0.389. The number of hydrogen-bond donors (Lipinski definition) is 3. The Kier molecular flexibility index (Phi) is 6.85. The Hall–Kier alpha value is -2.28. The van der Waals surface area contributed by atoms with Crippen molar-refractivity contribution in [1.29, 1.82) is 0 Å². The van der Waals surface area contributed by atoms with Crippen molar-refractivity contribution in [2.75, 3.05) is 18.0 Å². The number of piperidine rings is 1. The third kappa shape index (κ3) is 6.22. The van der Waals surface area contributed by atoms with Gasteiger partial charge < -0.3 is 15.0 Å². The lowest BCUT2D eigenvalue weighted by atomic mass is 10.0. The number of para-hydroxylation sites is 1. The number of hydroxylamine groups is 1. The molecule has 3 N–H and O–H groups in total. The van der Waals surface area contributed by atoms with Crippen molar-refractivity contribution in [2.45, 2.75) is 58.1 Å². The second-order valence-corrected chi connectivity index (χ2v) is 7.57. The van der Waals surface area contributed by atoms with Gasteiger partial charge in [0.1, 0.15) is 5.60 Å². The first kappa shape index (κ1) is 20.0. The normalized spacial score (nSPS) is 15.5. The summed E-state index contributed by atoms with van der Waals surface area (Å²) >= 11 is 0. The van der Waals surface area contributed by atoms with Crippen LogP contribution in [0.3, 0.4) is 0 Å². The maximum Gasteiger partial charge on any atom is 0.407 e. The second kappa shape index (κ2) is 8.89. The number of carbonyl (C=O) groups is 2. The summed E-state index contributed by atoms with van der Waals surface area (Å²) < 4.78 is 5.31. The highest BCUT2D eigenvalue weighted by Crippen LogP contribution is 2.25. The molecule has 0 aliphatic carbocycles. The largest absolute Gasteiger partial charge is 0.444 e. The predicted molar refractivity (Wildman–Crippen MR) is 99.3 cm³/mol. The fourth-order valence-electron chi connectivity index (χ4n) is 3.07. The Morgan fingerprint density at radius 3 is 2.50 bits per heavy atom. The maximum atomic E-state index is 11.9. The number of alkyl carbamates (subject to hydrolysis) is 1. The Balaban J connectivity index is 1.90. The molecule has 0 bridgehead atoms. The molecule has 1 heterocycles. The van der Waals surface area contributed by atoms with Gasteiger partial charge in [0.15, 0.2) is 0 Å². The molecule has 1 fully saturated rings. The molecule has 144 valence electrons. The average molecular weight is 363 g/mol. The predicted octanol–water partition coefficient (Wildman–Crippen LogP) is 2.62. The van der Waals surface area contributed by atoms with E-state index in [0.717, 1.165) is 37.2 Å². The van der Waals surface area contributed by atoms with Gasteiger partial charge in [0.25, 0.3) is 0 Å². The van der Waals surface area contributed by atoms with E-state index in [1.165, 1.54) is 0 Å². The SMILES string of the molecule is CC(C)(C)OC(=O)NC1CCN(c2ccccc2CCC(=O)NO)CC1. The van der Waals surface area contributed by atoms with E-state index in [1.54, 1.807) is 5.48 Å². The molecule has 2 amide bonds. The number of anilines is 1. The van der Waals surface area contributed by atoms with Gasteiger partial charge >= 0.3 is 6.09 Å². The smallest absolute Gasteiger partial charge is 0.407 e. The molecule has 0 unspecified atom stereocenters. The molecule has 1 aromatic carbocycles. The number of amides is 2. The molecule has 26 heavy (non-hydrogen) atoms. The van der Waals surface area contributed by atoms with Gasteiger partial charge in [0, 0.05) is 31.2 Å². The van der Waals surface area contributed by atoms with Gasteiger partial charge in [-0.3, -0.25) is 10.0 Å². The van der Waals surface area contributed by atoms with Crippen molar-refractivity contribution in [1.82, 2.24) is 10.8 Å². The number of hydrogen-bond acceptors (Lipinski definition) is 5. The maximum absolute atomic E-state index is 11.9. The van der Waals surface area contributed by atoms with Crippen molar-refractivity contribution in [3.8, 4) is 0 Å². The molecule has 7 heteroatoms. The lowest BCUT2D eigenvalue weighted by Gasteiger charge is -2.35. The summed E-state index contributed by atoms with van der Waals surface area (Å²) in [7, 11) is 0. The zero-order valence-electron chi connectivity index (χ0n) is 15.7. The highest BCUT2D eigenvalue weighted by molar-refractivity contribution is 5.75. The van der Waals surface area contributed by atoms with E-state index in [-0.39, 0.29) is 24.5 Å². The van der Waals surface area contributed by atoms with Crippen LogP contribution in [-0.2, 0) is 16.0 Å². The standard InChI is InChI=1S/C19H29N3O4/c1-19(2,3)26-18(24)20-15-10-12-22(13-11-15)16-7-5-4-6-14(16)8-9-17(23)21-25/h4-7,15,25H,8-13H2,1-3H3,(H,20,24)(H,21,23). The van der Waals surface area contributed by atoms with E-state index in [9.17, 15) is 9.59 Å². The summed E-state index contributed by atoms with van der Waals surface area (Å²) in [6.07, 6.45) is 2.12. The molecule has 2 rings (SSSR count). The van der Waals surface area contributed by atoms with Crippen LogP contribution >= 0.6 is 0 Å². The van der Waals surface area contributed by atoms with E-state index in [1.807, 2.05) is 45.0 Å². The third-order valence-electron chi connectivity index (χ3n) is 4.29. The van der Waals surface area contributed by atoms with Gasteiger partial charge in [-0.15, -0.1) is 0 Å². The lowest BCUT2D eigenvalue weighted by molar-refractivity contribution is -0.129. The van der Waals surface area contributed by atoms with Crippen LogP contribution in [0.1, 0.15) is 45.6 Å². The lowest BCUT2D eigenvalue weighted by Crippen LogP contribution is -2.46. The van der Waals surface area contributed by atoms with Crippen molar-refractivity contribution < 1.29 is 19.5 Å². The minimum atomic E-state index is -0.495. The Morgan fingerprint density at radius 1 is 1.23 bits per heavy atom. The summed E-state index contributed by atoms with van der Waals surface area (Å²) in [6, 6.07) is 8.09. The number of ether oxygens (including phenoxy) is 1. The van der Waals surface area contributed by atoms with Gasteiger partial charge in [-0.1, -0.05) is 18.2 Å². The topological polar surface area (TPSA) is 90.9 Å². The molecule has 1 aromatic rings. The number of nitrogens with one attached hydrogen (secondary N) is 2. The molecule has 0 spiro atoms. The van der Waals surface area contributed by atoms with E-state index < -0.39 is 5.60 Å². The molecule has 1 aliphatic rings. The first-order valence-corrected chi connectivity index (χ1v) is 9.04. The van der Waals surface area contributed by atoms with Crippen molar-refractivity contribution >= 4 is 17.7 Å². The number of benzene rings is 1. The van der Waals surface area contributed by atoms with E-state index in [2.05, 4.69) is 10.2 Å². The zero-order valence-corrected chi connectivity index (χ0v) is 15.7. The number of carbonyl (C=O) groups excluding carboxylic acids is 2. The highest BCUT2D eigenvalue weighted by Gasteiger charge is 2.24. The Bertz CT molecular complexity index is 619. The van der Waals surface area contributed by atoms with Gasteiger partial charge in [0.2, 0.25) is 5.91 Å². The van der Waals surface area contributed by atoms with Gasteiger partial charge in [-0.05, 0) is 51.7 Å². The Morgan fingerprint density at radius 2 is 1.88 bits per heavy atom. The number of rotatable bonds is 5. The summed E-state index contributed by atoms with van der Waals surface area (Å²) in [5.41, 5.74) is 3.36. The minimum absolute atomic E-state index is 0.105. The first-order chi connectivity index (χ1) is 12.3. The molecule has 1 saturated heterocycles. The van der Waals surface area contributed by atoms with Gasteiger partial charge in [-0.25, -0.2) is 10.3 Å². The number of aryl methyl sites for hydroxylation is 1. The first-order valence-electron chi connectivity index (χ1n) is 9.04. The van der Waals surface area contributed by atoms with Crippen molar-refractivity contribution in [2.24, 2.45) is 0 Å². The van der Waals surface area contributed by atoms with Crippen LogP contribution in [0.2, 0.25) is 0 Å². The van der Waals surface area contributed by atoms with Crippen molar-refractivity contribution in [3.05, 3.63) is 29.8 Å². The van der Waals surface area contributed by atoms with Crippen LogP contribution in [-0.4, -0.2) is 41.9 Å². The molecule has 1 aliphatic heterocycles. The van der Waals surface area contributed by atoms with E-state index in [4.69, 9.17) is 9.94 Å². The molecular formula is C19H29N3O4. The second-order valence-electron chi connectivity index (χ2n) is 7.57. The molecule has 0 atom stereocenters.